The fraction of sp³-hybridized carbons (Fsp3) is 0.118. The predicted octanol–water partition coefficient (Wildman–Crippen LogP) is 3.86. The van der Waals surface area contributed by atoms with E-state index in [9.17, 15) is 0 Å². The molecule has 0 radical (unpaired) electrons. The maximum atomic E-state index is 5.32. The highest BCUT2D eigenvalue weighted by Crippen LogP contribution is 2.27. The Balaban J connectivity index is 2.16. The first kappa shape index (κ1) is 12.5. The van der Waals surface area contributed by atoms with E-state index in [1.165, 1.54) is 5.69 Å². The van der Waals surface area contributed by atoms with Crippen LogP contribution in [0, 0.1) is 6.92 Å². The van der Waals surface area contributed by atoms with Crippen molar-refractivity contribution in [2.45, 2.75) is 6.92 Å². The van der Waals surface area contributed by atoms with Gasteiger partial charge in [0, 0.05) is 35.4 Å². The summed E-state index contributed by atoms with van der Waals surface area (Å²) in [5.74, 6) is 0.858. The van der Waals surface area contributed by atoms with Crippen LogP contribution in [0.3, 0.4) is 0 Å². The topological polar surface area (TPSA) is 27.1 Å². The van der Waals surface area contributed by atoms with E-state index >= 15 is 0 Å². The number of hydrogen-bond acceptors (Lipinski definition) is 2. The van der Waals surface area contributed by atoms with E-state index in [-0.39, 0.29) is 0 Å². The van der Waals surface area contributed by atoms with Crippen molar-refractivity contribution in [3.8, 4) is 22.7 Å². The molecule has 0 aliphatic rings. The van der Waals surface area contributed by atoms with Crippen LogP contribution < -0.4 is 4.74 Å². The van der Waals surface area contributed by atoms with Crippen LogP contribution in [0.4, 0.5) is 0 Å². The van der Waals surface area contributed by atoms with Gasteiger partial charge in [-0.05, 0) is 43.3 Å². The summed E-state index contributed by atoms with van der Waals surface area (Å²) in [6.45, 7) is 2.10. The molecule has 0 saturated heterocycles. The van der Waals surface area contributed by atoms with Crippen molar-refractivity contribution >= 4 is 0 Å². The Labute approximate surface area is 118 Å². The van der Waals surface area contributed by atoms with E-state index in [0.29, 0.717) is 0 Å². The van der Waals surface area contributed by atoms with Gasteiger partial charge in [-0.25, -0.2) is 0 Å². The number of methoxy groups -OCH3 is 1. The summed E-state index contributed by atoms with van der Waals surface area (Å²) in [6.07, 6.45) is 3.63. The molecule has 0 unspecified atom stereocenters. The Hall–Kier alpha value is -2.55. The van der Waals surface area contributed by atoms with Crippen LogP contribution in [0.1, 0.15) is 5.69 Å². The average molecular weight is 264 g/mol. The molecule has 0 atom stereocenters. The second kappa shape index (κ2) is 5.21. The van der Waals surface area contributed by atoms with E-state index < -0.39 is 0 Å². The van der Waals surface area contributed by atoms with Crippen LogP contribution in [0.25, 0.3) is 16.9 Å². The van der Waals surface area contributed by atoms with Crippen LogP contribution in [0.2, 0.25) is 0 Å². The third-order valence-electron chi connectivity index (χ3n) is 3.36. The number of rotatable bonds is 3. The summed E-state index contributed by atoms with van der Waals surface area (Å²) in [5, 5.41) is 0. The zero-order valence-corrected chi connectivity index (χ0v) is 11.6. The number of benzene rings is 1. The Kier molecular flexibility index (Phi) is 3.25. The Morgan fingerprint density at radius 1 is 1.00 bits per heavy atom. The predicted molar refractivity (Wildman–Crippen MR) is 80.3 cm³/mol. The van der Waals surface area contributed by atoms with Crippen molar-refractivity contribution < 1.29 is 4.74 Å². The molecule has 0 fully saturated rings. The van der Waals surface area contributed by atoms with E-state index in [1.807, 2.05) is 42.7 Å². The Bertz CT molecular complexity index is 717. The molecule has 0 saturated carbocycles. The third kappa shape index (κ3) is 2.18. The van der Waals surface area contributed by atoms with Crippen LogP contribution in [0.15, 0.2) is 60.9 Å². The molecule has 0 aliphatic heterocycles. The Morgan fingerprint density at radius 3 is 2.55 bits per heavy atom. The minimum Gasteiger partial charge on any atom is -0.497 e. The molecular formula is C17H16N2O. The van der Waals surface area contributed by atoms with Crippen molar-refractivity contribution in [1.82, 2.24) is 9.55 Å². The number of pyridine rings is 1. The molecule has 0 aliphatic carbocycles. The molecule has 3 aromatic rings. The number of aryl methyl sites for hydroxylation is 1. The lowest BCUT2D eigenvalue weighted by Gasteiger charge is -2.13. The number of ether oxygens (including phenoxy) is 1. The normalized spacial score (nSPS) is 10.5. The summed E-state index contributed by atoms with van der Waals surface area (Å²) in [4.78, 5) is 4.08. The zero-order chi connectivity index (χ0) is 13.9. The molecule has 3 nitrogen and oxygen atoms in total. The highest BCUT2D eigenvalue weighted by Gasteiger charge is 2.09. The van der Waals surface area contributed by atoms with Crippen LogP contribution >= 0.6 is 0 Å². The summed E-state index contributed by atoms with van der Waals surface area (Å²) in [7, 11) is 1.69. The maximum absolute atomic E-state index is 5.32. The average Bonchev–Trinajstić information content (AvgIpc) is 2.90. The van der Waals surface area contributed by atoms with Crippen molar-refractivity contribution in [2.24, 2.45) is 0 Å². The first-order chi connectivity index (χ1) is 9.79. The smallest absolute Gasteiger partial charge is 0.120 e. The van der Waals surface area contributed by atoms with Crippen LogP contribution in [-0.2, 0) is 0 Å². The van der Waals surface area contributed by atoms with Gasteiger partial charge in [-0.2, -0.15) is 0 Å². The Morgan fingerprint density at radius 2 is 1.80 bits per heavy atom. The molecule has 0 spiro atoms. The number of hydrogen-bond donors (Lipinski definition) is 0. The minimum atomic E-state index is 0.858. The number of aromatic nitrogens is 2. The SMILES string of the molecule is COc1cccc(-n2c(C)ccc2-c2ccncc2)c1. The third-order valence-corrected chi connectivity index (χ3v) is 3.36. The van der Waals surface area contributed by atoms with Gasteiger partial charge < -0.3 is 9.30 Å². The first-order valence-corrected chi connectivity index (χ1v) is 6.53. The van der Waals surface area contributed by atoms with E-state index in [0.717, 1.165) is 22.7 Å². The van der Waals surface area contributed by atoms with Gasteiger partial charge in [0.15, 0.2) is 0 Å². The largest absolute Gasteiger partial charge is 0.497 e. The summed E-state index contributed by atoms with van der Waals surface area (Å²) in [6, 6.07) is 16.4. The monoisotopic (exact) mass is 264 g/mol. The molecule has 1 aromatic carbocycles. The second-order valence-corrected chi connectivity index (χ2v) is 4.63. The van der Waals surface area contributed by atoms with Gasteiger partial charge in [0.2, 0.25) is 0 Å². The highest BCUT2D eigenvalue weighted by atomic mass is 16.5. The molecule has 3 rings (SSSR count). The van der Waals surface area contributed by atoms with Gasteiger partial charge in [0.05, 0.1) is 12.8 Å². The maximum Gasteiger partial charge on any atom is 0.120 e. The van der Waals surface area contributed by atoms with Gasteiger partial charge in [0.1, 0.15) is 5.75 Å². The lowest BCUT2D eigenvalue weighted by atomic mass is 10.2. The molecule has 0 amide bonds. The van der Waals surface area contributed by atoms with Gasteiger partial charge in [-0.3, -0.25) is 4.98 Å². The summed E-state index contributed by atoms with van der Waals surface area (Å²) in [5.41, 5.74) is 4.58. The van der Waals surface area contributed by atoms with Crippen molar-refractivity contribution in [1.29, 1.82) is 0 Å². The fourth-order valence-corrected chi connectivity index (χ4v) is 2.38. The zero-order valence-electron chi connectivity index (χ0n) is 11.6. The molecule has 0 N–H and O–H groups in total. The van der Waals surface area contributed by atoms with E-state index in [1.54, 1.807) is 7.11 Å². The van der Waals surface area contributed by atoms with Crippen molar-refractivity contribution in [3.63, 3.8) is 0 Å². The van der Waals surface area contributed by atoms with Gasteiger partial charge in [0.25, 0.3) is 0 Å². The summed E-state index contributed by atoms with van der Waals surface area (Å²) < 4.78 is 7.54. The fourth-order valence-electron chi connectivity index (χ4n) is 2.38. The molecule has 3 heteroatoms. The van der Waals surface area contributed by atoms with Gasteiger partial charge in [-0.15, -0.1) is 0 Å². The summed E-state index contributed by atoms with van der Waals surface area (Å²) >= 11 is 0. The molecular weight excluding hydrogens is 248 g/mol. The van der Waals surface area contributed by atoms with Crippen molar-refractivity contribution in [2.75, 3.05) is 7.11 Å². The van der Waals surface area contributed by atoms with E-state index in [4.69, 9.17) is 4.74 Å². The van der Waals surface area contributed by atoms with Gasteiger partial charge in [-0.1, -0.05) is 6.07 Å². The molecule has 20 heavy (non-hydrogen) atoms. The highest BCUT2D eigenvalue weighted by molar-refractivity contribution is 5.64. The van der Waals surface area contributed by atoms with Crippen LogP contribution in [-0.4, -0.2) is 16.7 Å². The quantitative estimate of drug-likeness (QED) is 0.718. The standard InChI is InChI=1S/C17H16N2O/c1-13-6-7-17(14-8-10-18-11-9-14)19(13)15-4-3-5-16(12-15)20-2/h3-12H,1-2H3. The van der Waals surface area contributed by atoms with E-state index in [2.05, 4.69) is 34.7 Å². The number of nitrogens with zero attached hydrogens (tertiary/aromatic N) is 2. The first-order valence-electron chi connectivity index (χ1n) is 6.53. The van der Waals surface area contributed by atoms with Gasteiger partial charge >= 0.3 is 0 Å². The molecule has 2 aromatic heterocycles. The van der Waals surface area contributed by atoms with Crippen LogP contribution in [0.5, 0.6) is 5.75 Å². The molecule has 0 bridgehead atoms. The lowest BCUT2D eigenvalue weighted by Crippen LogP contribution is -1.99. The van der Waals surface area contributed by atoms with Crippen molar-refractivity contribution in [3.05, 3.63) is 66.6 Å². The second-order valence-electron chi connectivity index (χ2n) is 4.63. The minimum absolute atomic E-state index is 0.858. The molecule has 100 valence electrons. The lowest BCUT2D eigenvalue weighted by molar-refractivity contribution is 0.414. The molecule has 2 heterocycles.